The Morgan fingerprint density at radius 3 is 2.71 bits per heavy atom. The molecule has 3 rings (SSSR count). The highest BCUT2D eigenvalue weighted by Crippen LogP contribution is 2.27. The van der Waals surface area contributed by atoms with Crippen molar-refractivity contribution in [2.45, 2.75) is 10.2 Å². The quantitative estimate of drug-likeness (QED) is 0.542. The first-order valence-electron chi connectivity index (χ1n) is 5.93. The minimum atomic E-state index is -0.0777. The van der Waals surface area contributed by atoms with Crippen molar-refractivity contribution in [3.8, 4) is 5.69 Å². The van der Waals surface area contributed by atoms with E-state index in [4.69, 9.17) is 11.1 Å². The fourth-order valence-electron chi connectivity index (χ4n) is 1.66. The summed E-state index contributed by atoms with van der Waals surface area (Å²) in [4.78, 5) is 0. The van der Waals surface area contributed by atoms with Crippen LogP contribution in [0.1, 0.15) is 5.56 Å². The molecule has 0 saturated carbocycles. The number of nitrogens with two attached hydrogens (primary N) is 1. The van der Waals surface area contributed by atoms with E-state index < -0.39 is 0 Å². The highest BCUT2D eigenvalue weighted by atomic mass is 32.2. The third-order valence-electron chi connectivity index (χ3n) is 2.61. The lowest BCUT2D eigenvalue weighted by atomic mass is 10.3. The molecule has 0 amide bonds. The van der Waals surface area contributed by atoms with Gasteiger partial charge >= 0.3 is 0 Å². The number of amidine groups is 1. The number of aromatic nitrogens is 6. The molecule has 21 heavy (non-hydrogen) atoms. The second-order valence-electron chi connectivity index (χ2n) is 3.97. The molecule has 8 nitrogen and oxygen atoms in total. The highest BCUT2D eigenvalue weighted by molar-refractivity contribution is 7.99. The largest absolute Gasteiger partial charge is 0.384 e. The van der Waals surface area contributed by atoms with Crippen molar-refractivity contribution in [1.29, 1.82) is 5.41 Å². The number of hydrogen-bond acceptors (Lipinski definition) is 7. The molecule has 0 unspecified atom stereocenters. The average Bonchev–Trinajstić information content (AvgIpc) is 2.96. The Hall–Kier alpha value is -2.81. The Bertz CT molecular complexity index is 770. The van der Waals surface area contributed by atoms with Gasteiger partial charge in [0.2, 0.25) is 5.16 Å². The number of para-hydroxylation sites is 1. The van der Waals surface area contributed by atoms with Crippen molar-refractivity contribution in [3.63, 3.8) is 0 Å². The molecule has 0 aliphatic heterocycles. The molecule has 2 aromatic heterocycles. The molecule has 1 aromatic carbocycles. The topological polar surface area (TPSA) is 119 Å². The molecular formula is C12H10N8S. The SMILES string of the molecule is N=C(N)c1ccnnc1Sc1nnnn1-c1ccccc1. The van der Waals surface area contributed by atoms with E-state index in [2.05, 4.69) is 25.7 Å². The summed E-state index contributed by atoms with van der Waals surface area (Å²) in [7, 11) is 0. The van der Waals surface area contributed by atoms with Crippen LogP contribution in [0.25, 0.3) is 5.69 Å². The van der Waals surface area contributed by atoms with Crippen LogP contribution in [0.5, 0.6) is 0 Å². The van der Waals surface area contributed by atoms with Gasteiger partial charge in [0.05, 0.1) is 17.4 Å². The maximum absolute atomic E-state index is 7.56. The van der Waals surface area contributed by atoms with Crippen LogP contribution < -0.4 is 5.73 Å². The van der Waals surface area contributed by atoms with Crippen LogP contribution >= 0.6 is 11.8 Å². The van der Waals surface area contributed by atoms with E-state index in [0.29, 0.717) is 15.7 Å². The summed E-state index contributed by atoms with van der Waals surface area (Å²) in [6.07, 6.45) is 1.49. The van der Waals surface area contributed by atoms with Crippen molar-refractivity contribution in [2.75, 3.05) is 0 Å². The van der Waals surface area contributed by atoms with E-state index in [0.717, 1.165) is 5.69 Å². The monoisotopic (exact) mass is 298 g/mol. The van der Waals surface area contributed by atoms with Crippen molar-refractivity contribution in [1.82, 2.24) is 30.4 Å². The van der Waals surface area contributed by atoms with Gasteiger partial charge in [-0.3, -0.25) is 5.41 Å². The third-order valence-corrected chi connectivity index (χ3v) is 3.54. The summed E-state index contributed by atoms with van der Waals surface area (Å²) in [6, 6.07) is 11.1. The lowest BCUT2D eigenvalue weighted by Gasteiger charge is -2.05. The van der Waals surface area contributed by atoms with Gasteiger partial charge in [-0.1, -0.05) is 18.2 Å². The van der Waals surface area contributed by atoms with Crippen molar-refractivity contribution in [3.05, 3.63) is 48.2 Å². The van der Waals surface area contributed by atoms with Gasteiger partial charge in [0.1, 0.15) is 10.9 Å². The molecule has 0 aliphatic carbocycles. The maximum atomic E-state index is 7.56. The average molecular weight is 298 g/mol. The lowest BCUT2D eigenvalue weighted by molar-refractivity contribution is 0.755. The number of nitrogen functional groups attached to an aromatic ring is 1. The number of rotatable bonds is 4. The molecule has 0 bridgehead atoms. The number of tetrazole rings is 1. The maximum Gasteiger partial charge on any atom is 0.220 e. The van der Waals surface area contributed by atoms with Crippen LogP contribution in [0.4, 0.5) is 0 Å². The molecule has 0 fully saturated rings. The van der Waals surface area contributed by atoms with E-state index >= 15 is 0 Å². The van der Waals surface area contributed by atoms with Crippen molar-refractivity contribution in [2.24, 2.45) is 5.73 Å². The molecule has 0 atom stereocenters. The predicted molar refractivity (Wildman–Crippen MR) is 76.3 cm³/mol. The van der Waals surface area contributed by atoms with Gasteiger partial charge < -0.3 is 5.73 Å². The summed E-state index contributed by atoms with van der Waals surface area (Å²) in [5, 5.41) is 28.0. The number of hydrogen-bond donors (Lipinski definition) is 2. The molecule has 9 heteroatoms. The van der Waals surface area contributed by atoms with Gasteiger partial charge in [0.15, 0.2) is 0 Å². The number of benzene rings is 1. The first kappa shape index (κ1) is 13.2. The Balaban J connectivity index is 1.98. The van der Waals surface area contributed by atoms with Gasteiger partial charge in [-0.15, -0.1) is 10.2 Å². The molecule has 3 N–H and O–H groups in total. The van der Waals surface area contributed by atoms with Gasteiger partial charge in [0, 0.05) is 0 Å². The summed E-state index contributed by atoms with van der Waals surface area (Å²) >= 11 is 1.20. The van der Waals surface area contributed by atoms with E-state index in [-0.39, 0.29) is 5.84 Å². The Morgan fingerprint density at radius 1 is 1.14 bits per heavy atom. The third kappa shape index (κ3) is 2.72. The van der Waals surface area contributed by atoms with Crippen LogP contribution in [-0.2, 0) is 0 Å². The molecule has 0 spiro atoms. The normalized spacial score (nSPS) is 10.5. The summed E-state index contributed by atoms with van der Waals surface area (Å²) in [5.74, 6) is -0.0777. The Labute approximate surface area is 123 Å². The second-order valence-corrected chi connectivity index (χ2v) is 4.93. The van der Waals surface area contributed by atoms with E-state index in [1.807, 2.05) is 30.3 Å². The zero-order valence-electron chi connectivity index (χ0n) is 10.7. The van der Waals surface area contributed by atoms with Crippen molar-refractivity contribution < 1.29 is 0 Å². The minimum Gasteiger partial charge on any atom is -0.384 e. The fraction of sp³-hybridized carbons (Fsp3) is 0. The first-order valence-corrected chi connectivity index (χ1v) is 6.75. The van der Waals surface area contributed by atoms with E-state index in [9.17, 15) is 0 Å². The standard InChI is InChI=1S/C12H10N8S/c13-10(14)9-6-7-15-16-11(9)21-12-17-18-19-20(12)8-4-2-1-3-5-8/h1-7H,(H3,13,14). The fourth-order valence-corrected chi connectivity index (χ4v) is 2.51. The van der Waals surface area contributed by atoms with Gasteiger partial charge in [-0.05, 0) is 40.4 Å². The summed E-state index contributed by atoms with van der Waals surface area (Å²) in [6.45, 7) is 0. The first-order chi connectivity index (χ1) is 10.3. The molecular weight excluding hydrogens is 288 g/mol. The zero-order chi connectivity index (χ0) is 14.7. The summed E-state index contributed by atoms with van der Waals surface area (Å²) in [5.41, 5.74) is 6.87. The van der Waals surface area contributed by atoms with Crippen LogP contribution in [0.3, 0.4) is 0 Å². The van der Waals surface area contributed by atoms with Crippen molar-refractivity contribution >= 4 is 17.6 Å². The predicted octanol–water partition coefficient (Wildman–Crippen LogP) is 0.888. The van der Waals surface area contributed by atoms with Crippen LogP contribution in [0.2, 0.25) is 0 Å². The second kappa shape index (κ2) is 5.67. The summed E-state index contributed by atoms with van der Waals surface area (Å²) < 4.78 is 1.59. The Kier molecular flexibility index (Phi) is 3.56. The van der Waals surface area contributed by atoms with Gasteiger partial charge in [-0.2, -0.15) is 9.78 Å². The van der Waals surface area contributed by atoms with Gasteiger partial charge in [0.25, 0.3) is 0 Å². The van der Waals surface area contributed by atoms with E-state index in [1.54, 1.807) is 10.7 Å². The van der Waals surface area contributed by atoms with Gasteiger partial charge in [-0.25, -0.2) is 0 Å². The molecule has 2 heterocycles. The molecule has 104 valence electrons. The minimum absolute atomic E-state index is 0.0777. The van der Waals surface area contributed by atoms with Crippen LogP contribution in [0, 0.1) is 5.41 Å². The van der Waals surface area contributed by atoms with E-state index in [1.165, 1.54) is 18.0 Å². The number of nitrogens with one attached hydrogen (secondary N) is 1. The lowest BCUT2D eigenvalue weighted by Crippen LogP contribution is -2.13. The molecule has 0 radical (unpaired) electrons. The Morgan fingerprint density at radius 2 is 1.95 bits per heavy atom. The molecule has 0 saturated heterocycles. The molecule has 3 aromatic rings. The highest BCUT2D eigenvalue weighted by Gasteiger charge is 2.15. The van der Waals surface area contributed by atoms with Crippen LogP contribution in [0.15, 0.2) is 52.8 Å². The number of nitrogens with zero attached hydrogens (tertiary/aromatic N) is 6. The smallest absolute Gasteiger partial charge is 0.220 e. The zero-order valence-corrected chi connectivity index (χ0v) is 11.5. The van der Waals surface area contributed by atoms with Crippen LogP contribution in [-0.4, -0.2) is 36.2 Å². The molecule has 0 aliphatic rings.